The number of aromatic nitrogens is 1. The maximum atomic E-state index is 5.43. The summed E-state index contributed by atoms with van der Waals surface area (Å²) in [6.07, 6.45) is 3.40. The highest BCUT2D eigenvalue weighted by Gasteiger charge is 2.31. The van der Waals surface area contributed by atoms with Gasteiger partial charge in [-0.15, -0.1) is 11.3 Å². The zero-order chi connectivity index (χ0) is 13.6. The summed E-state index contributed by atoms with van der Waals surface area (Å²) < 4.78 is 5.43. The number of nitrogens with one attached hydrogen (secondary N) is 2. The normalized spacial score (nSPS) is 18.6. The van der Waals surface area contributed by atoms with Crippen LogP contribution in [0.4, 0.5) is 0 Å². The van der Waals surface area contributed by atoms with Crippen molar-refractivity contribution in [1.29, 1.82) is 0 Å². The summed E-state index contributed by atoms with van der Waals surface area (Å²) >= 11 is 1.76. The summed E-state index contributed by atoms with van der Waals surface area (Å²) in [4.78, 5) is 4.59. The molecule has 1 aliphatic heterocycles. The Morgan fingerprint density at radius 2 is 2.26 bits per heavy atom. The average Bonchev–Trinajstić information content (AvgIpc) is 2.88. The number of aryl methyl sites for hydroxylation is 1. The SMILES string of the molecule is CCc1nc(CNCC2(COC)CCNCC2)cs1. The highest BCUT2D eigenvalue weighted by Crippen LogP contribution is 2.28. The van der Waals surface area contributed by atoms with E-state index in [2.05, 4.69) is 27.9 Å². The third-order valence-corrected chi connectivity index (χ3v) is 4.86. The van der Waals surface area contributed by atoms with Crippen LogP contribution in [-0.4, -0.2) is 38.3 Å². The summed E-state index contributed by atoms with van der Waals surface area (Å²) in [5.41, 5.74) is 1.47. The molecule has 2 heterocycles. The van der Waals surface area contributed by atoms with E-state index in [0.29, 0.717) is 5.41 Å². The average molecular weight is 283 g/mol. The number of rotatable bonds is 7. The molecule has 5 heteroatoms. The first-order valence-corrected chi connectivity index (χ1v) is 7.99. The van der Waals surface area contributed by atoms with E-state index in [4.69, 9.17) is 4.74 Å². The number of nitrogens with zero attached hydrogens (tertiary/aromatic N) is 1. The van der Waals surface area contributed by atoms with Crippen molar-refractivity contribution in [2.24, 2.45) is 5.41 Å². The molecule has 0 saturated carbocycles. The van der Waals surface area contributed by atoms with Crippen molar-refractivity contribution in [3.05, 3.63) is 16.1 Å². The molecule has 1 aromatic heterocycles. The van der Waals surface area contributed by atoms with Gasteiger partial charge in [-0.05, 0) is 32.4 Å². The van der Waals surface area contributed by atoms with E-state index in [-0.39, 0.29) is 0 Å². The smallest absolute Gasteiger partial charge is 0.0926 e. The van der Waals surface area contributed by atoms with Crippen molar-refractivity contribution in [3.8, 4) is 0 Å². The topological polar surface area (TPSA) is 46.2 Å². The lowest BCUT2D eigenvalue weighted by Gasteiger charge is -2.37. The molecule has 1 saturated heterocycles. The van der Waals surface area contributed by atoms with Crippen LogP contribution in [0.1, 0.15) is 30.5 Å². The minimum absolute atomic E-state index is 0.295. The van der Waals surface area contributed by atoms with Gasteiger partial charge < -0.3 is 15.4 Å². The van der Waals surface area contributed by atoms with Gasteiger partial charge in [-0.3, -0.25) is 0 Å². The van der Waals surface area contributed by atoms with Crippen molar-refractivity contribution in [3.63, 3.8) is 0 Å². The van der Waals surface area contributed by atoms with Crippen LogP contribution in [0.5, 0.6) is 0 Å². The van der Waals surface area contributed by atoms with Crippen LogP contribution >= 0.6 is 11.3 Å². The van der Waals surface area contributed by atoms with Crippen LogP contribution in [0.3, 0.4) is 0 Å². The van der Waals surface area contributed by atoms with Gasteiger partial charge in [-0.1, -0.05) is 6.92 Å². The highest BCUT2D eigenvalue weighted by molar-refractivity contribution is 7.09. The molecule has 1 aliphatic rings. The minimum Gasteiger partial charge on any atom is -0.384 e. The molecule has 0 amide bonds. The van der Waals surface area contributed by atoms with Crippen LogP contribution in [0.15, 0.2) is 5.38 Å². The standard InChI is InChI=1S/C14H25N3OS/c1-3-13-17-12(9-19-13)8-16-10-14(11-18-2)4-6-15-7-5-14/h9,15-16H,3-8,10-11H2,1-2H3. The summed E-state index contributed by atoms with van der Waals surface area (Å²) in [6, 6.07) is 0. The maximum Gasteiger partial charge on any atom is 0.0926 e. The van der Waals surface area contributed by atoms with Gasteiger partial charge in [0.05, 0.1) is 17.3 Å². The summed E-state index contributed by atoms with van der Waals surface area (Å²) in [5, 5.41) is 10.4. The van der Waals surface area contributed by atoms with E-state index in [1.807, 2.05) is 0 Å². The molecule has 0 aliphatic carbocycles. The Morgan fingerprint density at radius 3 is 2.89 bits per heavy atom. The fraction of sp³-hybridized carbons (Fsp3) is 0.786. The first-order chi connectivity index (χ1) is 9.28. The van der Waals surface area contributed by atoms with E-state index in [1.54, 1.807) is 18.4 Å². The fourth-order valence-electron chi connectivity index (χ4n) is 2.68. The van der Waals surface area contributed by atoms with Gasteiger partial charge in [-0.25, -0.2) is 4.98 Å². The van der Waals surface area contributed by atoms with Crippen molar-refractivity contribution in [2.45, 2.75) is 32.7 Å². The minimum atomic E-state index is 0.295. The summed E-state index contributed by atoms with van der Waals surface area (Å²) in [5.74, 6) is 0. The Hall–Kier alpha value is -0.490. The molecule has 1 aromatic rings. The lowest BCUT2D eigenvalue weighted by Crippen LogP contribution is -2.45. The second-order valence-electron chi connectivity index (χ2n) is 5.37. The van der Waals surface area contributed by atoms with Gasteiger partial charge in [0.2, 0.25) is 0 Å². The quantitative estimate of drug-likeness (QED) is 0.801. The van der Waals surface area contributed by atoms with Gasteiger partial charge in [0.25, 0.3) is 0 Å². The summed E-state index contributed by atoms with van der Waals surface area (Å²) in [6.45, 7) is 7.08. The zero-order valence-electron chi connectivity index (χ0n) is 12.0. The molecule has 1 fully saturated rings. The largest absolute Gasteiger partial charge is 0.384 e. The van der Waals surface area contributed by atoms with E-state index < -0.39 is 0 Å². The lowest BCUT2D eigenvalue weighted by atomic mass is 9.79. The molecule has 0 radical (unpaired) electrons. The monoisotopic (exact) mass is 283 g/mol. The van der Waals surface area contributed by atoms with Crippen LogP contribution in [0.2, 0.25) is 0 Å². The van der Waals surface area contributed by atoms with Gasteiger partial charge >= 0.3 is 0 Å². The second kappa shape index (κ2) is 7.33. The first kappa shape index (κ1) is 14.9. The third kappa shape index (κ3) is 4.24. The van der Waals surface area contributed by atoms with Crippen LogP contribution in [0.25, 0.3) is 0 Å². The fourth-order valence-corrected chi connectivity index (χ4v) is 3.43. The van der Waals surface area contributed by atoms with Crippen LogP contribution in [-0.2, 0) is 17.7 Å². The van der Waals surface area contributed by atoms with Gasteiger partial charge in [0.15, 0.2) is 0 Å². The third-order valence-electron chi connectivity index (χ3n) is 3.82. The molecule has 108 valence electrons. The molecule has 19 heavy (non-hydrogen) atoms. The van der Waals surface area contributed by atoms with Crippen molar-refractivity contribution in [1.82, 2.24) is 15.6 Å². The van der Waals surface area contributed by atoms with E-state index >= 15 is 0 Å². The molecule has 2 N–H and O–H groups in total. The number of ether oxygens (including phenoxy) is 1. The Balaban J connectivity index is 1.81. The number of methoxy groups -OCH3 is 1. The predicted octanol–water partition coefficient (Wildman–Crippen LogP) is 1.81. The van der Waals surface area contributed by atoms with Gasteiger partial charge in [-0.2, -0.15) is 0 Å². The molecule has 2 rings (SSSR count). The number of thiazole rings is 1. The second-order valence-corrected chi connectivity index (χ2v) is 6.32. The molecular weight excluding hydrogens is 258 g/mol. The van der Waals surface area contributed by atoms with Gasteiger partial charge in [0, 0.05) is 31.0 Å². The maximum absolute atomic E-state index is 5.43. The Labute approximate surface area is 120 Å². The number of hydrogen-bond donors (Lipinski definition) is 2. The van der Waals surface area contributed by atoms with Crippen molar-refractivity contribution in [2.75, 3.05) is 33.4 Å². The molecule has 0 spiro atoms. The van der Waals surface area contributed by atoms with E-state index in [1.165, 1.54) is 23.5 Å². The van der Waals surface area contributed by atoms with Crippen molar-refractivity contribution < 1.29 is 4.74 Å². The van der Waals surface area contributed by atoms with Crippen molar-refractivity contribution >= 4 is 11.3 Å². The first-order valence-electron chi connectivity index (χ1n) is 7.12. The lowest BCUT2D eigenvalue weighted by molar-refractivity contribution is 0.0534. The molecular formula is C14H25N3OS. The van der Waals surface area contributed by atoms with Crippen LogP contribution in [0, 0.1) is 5.41 Å². The Kier molecular flexibility index (Phi) is 5.76. The molecule has 0 aromatic carbocycles. The van der Waals surface area contributed by atoms with Crippen LogP contribution < -0.4 is 10.6 Å². The van der Waals surface area contributed by atoms with Gasteiger partial charge in [0.1, 0.15) is 0 Å². The zero-order valence-corrected chi connectivity index (χ0v) is 12.8. The highest BCUT2D eigenvalue weighted by atomic mass is 32.1. The summed E-state index contributed by atoms with van der Waals surface area (Å²) in [7, 11) is 1.80. The predicted molar refractivity (Wildman–Crippen MR) is 79.6 cm³/mol. The Bertz CT molecular complexity index is 369. The number of piperidine rings is 1. The number of hydrogen-bond acceptors (Lipinski definition) is 5. The van der Waals surface area contributed by atoms with E-state index in [9.17, 15) is 0 Å². The Morgan fingerprint density at radius 1 is 1.47 bits per heavy atom. The molecule has 0 bridgehead atoms. The molecule has 0 atom stereocenters. The molecule has 0 unspecified atom stereocenters. The molecule has 4 nitrogen and oxygen atoms in total. The van der Waals surface area contributed by atoms with E-state index in [0.717, 1.165) is 39.2 Å².